The average molecular weight is 315 g/mol. The van der Waals surface area contributed by atoms with Crippen molar-refractivity contribution in [2.75, 3.05) is 19.5 Å². The topological polar surface area (TPSA) is 73.3 Å². The molecule has 122 valence electrons. The van der Waals surface area contributed by atoms with E-state index in [0.29, 0.717) is 35.9 Å². The fourth-order valence-electron chi connectivity index (χ4n) is 2.21. The van der Waals surface area contributed by atoms with Gasteiger partial charge in [0, 0.05) is 6.42 Å². The second kappa shape index (κ2) is 7.58. The predicted molar refractivity (Wildman–Crippen MR) is 88.0 cm³/mol. The van der Waals surface area contributed by atoms with Gasteiger partial charge < -0.3 is 14.8 Å². The van der Waals surface area contributed by atoms with Gasteiger partial charge in [-0.3, -0.25) is 4.79 Å². The summed E-state index contributed by atoms with van der Waals surface area (Å²) in [5, 5.41) is 2.88. The quantitative estimate of drug-likeness (QED) is 0.887. The average Bonchev–Trinajstić information content (AvgIpc) is 2.56. The number of aromatic nitrogens is 2. The van der Waals surface area contributed by atoms with Crippen LogP contribution in [0.5, 0.6) is 11.8 Å². The van der Waals surface area contributed by atoms with Gasteiger partial charge in [-0.25, -0.2) is 0 Å². The first-order valence-corrected chi connectivity index (χ1v) is 7.35. The number of amides is 1. The zero-order chi connectivity index (χ0) is 16.8. The van der Waals surface area contributed by atoms with E-state index in [1.165, 1.54) is 7.11 Å². The van der Waals surface area contributed by atoms with Gasteiger partial charge in [0.05, 0.1) is 31.3 Å². The number of hydrogen-bond donors (Lipinski definition) is 1. The molecule has 0 unspecified atom stereocenters. The van der Waals surface area contributed by atoms with Gasteiger partial charge in [-0.05, 0) is 38.0 Å². The summed E-state index contributed by atoms with van der Waals surface area (Å²) in [6, 6.07) is 7.99. The number of carbonyl (C=O) groups is 1. The molecule has 23 heavy (non-hydrogen) atoms. The zero-order valence-corrected chi connectivity index (χ0v) is 13.8. The largest absolute Gasteiger partial charge is 0.497 e. The van der Waals surface area contributed by atoms with Crippen molar-refractivity contribution in [1.29, 1.82) is 0 Å². The molecule has 0 spiro atoms. The Morgan fingerprint density at radius 3 is 2.17 bits per heavy atom. The van der Waals surface area contributed by atoms with E-state index in [1.807, 2.05) is 38.1 Å². The first kappa shape index (κ1) is 16.7. The van der Waals surface area contributed by atoms with E-state index < -0.39 is 0 Å². The molecule has 0 saturated carbocycles. The van der Waals surface area contributed by atoms with Gasteiger partial charge >= 0.3 is 6.01 Å². The molecule has 1 N–H and O–H groups in total. The van der Waals surface area contributed by atoms with Crippen LogP contribution in [0.1, 0.15) is 23.4 Å². The highest BCUT2D eigenvalue weighted by Crippen LogP contribution is 2.20. The van der Waals surface area contributed by atoms with Gasteiger partial charge in [-0.1, -0.05) is 12.1 Å². The minimum absolute atomic E-state index is 0.0687. The lowest BCUT2D eigenvalue weighted by molar-refractivity contribution is -0.116. The second-order valence-electron chi connectivity index (χ2n) is 5.15. The molecule has 0 saturated heterocycles. The van der Waals surface area contributed by atoms with Crippen molar-refractivity contribution in [2.45, 2.75) is 26.7 Å². The molecule has 2 rings (SSSR count). The summed E-state index contributed by atoms with van der Waals surface area (Å²) in [6.45, 7) is 3.63. The third kappa shape index (κ3) is 4.42. The van der Waals surface area contributed by atoms with Crippen molar-refractivity contribution in [2.24, 2.45) is 0 Å². The number of hydrogen-bond acceptors (Lipinski definition) is 5. The summed E-state index contributed by atoms with van der Waals surface area (Å²) < 4.78 is 10.1. The molecule has 0 radical (unpaired) electrons. The number of rotatable bonds is 6. The number of anilines is 1. The van der Waals surface area contributed by atoms with Crippen molar-refractivity contribution in [3.63, 3.8) is 0 Å². The maximum atomic E-state index is 12.1. The van der Waals surface area contributed by atoms with Crippen molar-refractivity contribution >= 4 is 11.6 Å². The van der Waals surface area contributed by atoms with E-state index in [-0.39, 0.29) is 5.91 Å². The summed E-state index contributed by atoms with van der Waals surface area (Å²) in [5.41, 5.74) is 3.10. The molecule has 0 aliphatic rings. The van der Waals surface area contributed by atoms with Crippen LogP contribution in [-0.4, -0.2) is 30.1 Å². The van der Waals surface area contributed by atoms with Crippen LogP contribution in [0.4, 0.5) is 5.69 Å². The summed E-state index contributed by atoms with van der Waals surface area (Å²) >= 11 is 0. The summed E-state index contributed by atoms with van der Waals surface area (Å²) in [5.74, 6) is 0.737. The Labute approximate surface area is 135 Å². The van der Waals surface area contributed by atoms with E-state index in [2.05, 4.69) is 15.3 Å². The van der Waals surface area contributed by atoms with Crippen LogP contribution in [0.3, 0.4) is 0 Å². The summed E-state index contributed by atoms with van der Waals surface area (Å²) in [7, 11) is 3.14. The number of aryl methyl sites for hydroxylation is 3. The van der Waals surface area contributed by atoms with Crippen molar-refractivity contribution in [3.05, 3.63) is 41.2 Å². The number of methoxy groups -OCH3 is 2. The monoisotopic (exact) mass is 315 g/mol. The van der Waals surface area contributed by atoms with E-state index in [4.69, 9.17) is 9.47 Å². The van der Waals surface area contributed by atoms with Crippen molar-refractivity contribution < 1.29 is 14.3 Å². The molecule has 0 aliphatic carbocycles. The molecular formula is C17H21N3O3. The van der Waals surface area contributed by atoms with Gasteiger partial charge in [-0.2, -0.15) is 9.97 Å². The highest BCUT2D eigenvalue weighted by Gasteiger charge is 2.12. The van der Waals surface area contributed by atoms with Crippen LogP contribution >= 0.6 is 0 Å². The Morgan fingerprint density at radius 1 is 1.04 bits per heavy atom. The molecule has 0 aliphatic heterocycles. The Balaban J connectivity index is 1.96. The molecular weight excluding hydrogens is 294 g/mol. The smallest absolute Gasteiger partial charge is 0.316 e. The van der Waals surface area contributed by atoms with Crippen molar-refractivity contribution in [1.82, 2.24) is 9.97 Å². The van der Waals surface area contributed by atoms with Crippen LogP contribution in [0.2, 0.25) is 0 Å². The third-order valence-corrected chi connectivity index (χ3v) is 3.50. The van der Waals surface area contributed by atoms with E-state index in [9.17, 15) is 4.79 Å². The lowest BCUT2D eigenvalue weighted by Gasteiger charge is -2.11. The van der Waals surface area contributed by atoms with Crippen LogP contribution in [0.25, 0.3) is 0 Å². The molecule has 0 atom stereocenters. The Morgan fingerprint density at radius 2 is 1.65 bits per heavy atom. The van der Waals surface area contributed by atoms with Crippen LogP contribution < -0.4 is 14.8 Å². The fraction of sp³-hybridized carbons (Fsp3) is 0.353. The first-order valence-electron chi connectivity index (χ1n) is 7.35. The normalized spacial score (nSPS) is 10.3. The first-order chi connectivity index (χ1) is 11.0. The third-order valence-electron chi connectivity index (χ3n) is 3.50. The number of nitrogens with zero attached hydrogens (tertiary/aromatic N) is 2. The maximum Gasteiger partial charge on any atom is 0.316 e. The van der Waals surface area contributed by atoms with E-state index in [1.54, 1.807) is 7.11 Å². The van der Waals surface area contributed by atoms with Gasteiger partial charge in [0.15, 0.2) is 0 Å². The van der Waals surface area contributed by atoms with Gasteiger partial charge in [0.2, 0.25) is 5.91 Å². The molecule has 1 amide bonds. The SMILES string of the molecule is COc1ccc(CCC(=O)Nc2c(C)nc(OC)nc2C)cc1. The Bertz CT molecular complexity index is 661. The highest BCUT2D eigenvalue weighted by atomic mass is 16.5. The lowest BCUT2D eigenvalue weighted by atomic mass is 10.1. The van der Waals surface area contributed by atoms with Crippen LogP contribution in [0, 0.1) is 13.8 Å². The summed E-state index contributed by atoms with van der Waals surface area (Å²) in [6.07, 6.45) is 1.04. The number of ether oxygens (including phenoxy) is 2. The van der Waals surface area contributed by atoms with E-state index >= 15 is 0 Å². The second-order valence-corrected chi connectivity index (χ2v) is 5.15. The zero-order valence-electron chi connectivity index (χ0n) is 13.8. The van der Waals surface area contributed by atoms with Crippen LogP contribution in [0.15, 0.2) is 24.3 Å². The molecule has 1 aromatic carbocycles. The minimum atomic E-state index is -0.0687. The summed E-state index contributed by atoms with van der Waals surface area (Å²) in [4.78, 5) is 20.5. The Hall–Kier alpha value is -2.63. The molecule has 1 aromatic heterocycles. The molecule has 2 aromatic rings. The maximum absolute atomic E-state index is 12.1. The lowest BCUT2D eigenvalue weighted by Crippen LogP contribution is -2.15. The van der Waals surface area contributed by atoms with E-state index in [0.717, 1.165) is 11.3 Å². The van der Waals surface area contributed by atoms with Crippen LogP contribution in [-0.2, 0) is 11.2 Å². The number of nitrogens with one attached hydrogen (secondary N) is 1. The molecule has 1 heterocycles. The number of benzene rings is 1. The molecule has 0 fully saturated rings. The van der Waals surface area contributed by atoms with Gasteiger partial charge in [0.1, 0.15) is 5.75 Å². The molecule has 0 bridgehead atoms. The van der Waals surface area contributed by atoms with Gasteiger partial charge in [-0.15, -0.1) is 0 Å². The predicted octanol–water partition coefficient (Wildman–Crippen LogP) is 2.68. The molecule has 6 nitrogen and oxygen atoms in total. The highest BCUT2D eigenvalue weighted by molar-refractivity contribution is 5.91. The van der Waals surface area contributed by atoms with Crippen molar-refractivity contribution in [3.8, 4) is 11.8 Å². The minimum Gasteiger partial charge on any atom is -0.497 e. The number of carbonyl (C=O) groups excluding carboxylic acids is 1. The Kier molecular flexibility index (Phi) is 5.51. The van der Waals surface area contributed by atoms with Gasteiger partial charge in [0.25, 0.3) is 0 Å². The molecule has 6 heteroatoms. The standard InChI is InChI=1S/C17H21N3O3/c1-11-16(12(2)19-17(18-11)23-4)20-15(21)10-7-13-5-8-14(22-3)9-6-13/h5-6,8-9H,7,10H2,1-4H3,(H,20,21). The fourth-order valence-corrected chi connectivity index (χ4v) is 2.21.